The van der Waals surface area contributed by atoms with Gasteiger partial charge in [0.05, 0.1) is 21.3 Å². The van der Waals surface area contributed by atoms with Gasteiger partial charge in [0.1, 0.15) is 0 Å². The van der Waals surface area contributed by atoms with Crippen LogP contribution in [0.25, 0.3) is 6.08 Å². The van der Waals surface area contributed by atoms with Crippen LogP contribution in [0, 0.1) is 0 Å². The lowest BCUT2D eigenvalue weighted by atomic mass is 10.1. The van der Waals surface area contributed by atoms with Crippen LogP contribution in [0.4, 0.5) is 0 Å². The van der Waals surface area contributed by atoms with Gasteiger partial charge in [-0.3, -0.25) is 4.79 Å². The molecule has 1 N–H and O–H groups in total. The maximum Gasteiger partial charge on any atom is 0.244 e. The number of methoxy groups -OCH3 is 3. The topological polar surface area (TPSA) is 56.8 Å². The molecule has 0 saturated heterocycles. The molecule has 20 heavy (non-hydrogen) atoms. The summed E-state index contributed by atoms with van der Waals surface area (Å²) in [6.45, 7) is 3.96. The minimum atomic E-state index is -0.196. The van der Waals surface area contributed by atoms with E-state index in [4.69, 9.17) is 14.2 Å². The highest BCUT2D eigenvalue weighted by molar-refractivity contribution is 5.92. The van der Waals surface area contributed by atoms with E-state index in [0.29, 0.717) is 23.8 Å². The van der Waals surface area contributed by atoms with Crippen LogP contribution in [0.1, 0.15) is 5.56 Å². The largest absolute Gasteiger partial charge is 0.493 e. The van der Waals surface area contributed by atoms with Crippen molar-refractivity contribution in [2.45, 2.75) is 0 Å². The zero-order valence-corrected chi connectivity index (χ0v) is 11.9. The van der Waals surface area contributed by atoms with Gasteiger partial charge >= 0.3 is 0 Å². The molecule has 0 spiro atoms. The van der Waals surface area contributed by atoms with E-state index >= 15 is 0 Å². The van der Waals surface area contributed by atoms with Crippen molar-refractivity contribution in [1.29, 1.82) is 0 Å². The van der Waals surface area contributed by atoms with Crippen LogP contribution in [0.2, 0.25) is 0 Å². The number of amides is 1. The normalized spacial score (nSPS) is 10.2. The van der Waals surface area contributed by atoms with Crippen molar-refractivity contribution in [2.24, 2.45) is 0 Å². The predicted octanol–water partition coefficient (Wildman–Crippen LogP) is 2.03. The minimum Gasteiger partial charge on any atom is -0.493 e. The molecule has 5 heteroatoms. The summed E-state index contributed by atoms with van der Waals surface area (Å²) in [5, 5.41) is 2.65. The Balaban J connectivity index is 2.98. The van der Waals surface area contributed by atoms with Gasteiger partial charge < -0.3 is 19.5 Å². The Morgan fingerprint density at radius 1 is 1.20 bits per heavy atom. The monoisotopic (exact) mass is 277 g/mol. The van der Waals surface area contributed by atoms with E-state index in [0.717, 1.165) is 5.56 Å². The summed E-state index contributed by atoms with van der Waals surface area (Å²) >= 11 is 0. The molecule has 0 heterocycles. The highest BCUT2D eigenvalue weighted by Gasteiger charge is 2.12. The number of hydrogen-bond acceptors (Lipinski definition) is 4. The van der Waals surface area contributed by atoms with Crippen molar-refractivity contribution >= 4 is 12.0 Å². The molecular formula is C15H19NO4. The lowest BCUT2D eigenvalue weighted by Gasteiger charge is -2.12. The molecule has 1 amide bonds. The van der Waals surface area contributed by atoms with E-state index in [-0.39, 0.29) is 5.91 Å². The summed E-state index contributed by atoms with van der Waals surface area (Å²) < 4.78 is 15.7. The van der Waals surface area contributed by atoms with Gasteiger partial charge in [0.15, 0.2) is 11.5 Å². The zero-order chi connectivity index (χ0) is 15.0. The lowest BCUT2D eigenvalue weighted by molar-refractivity contribution is -0.116. The second-order valence-electron chi connectivity index (χ2n) is 3.83. The molecule has 0 atom stereocenters. The van der Waals surface area contributed by atoms with Gasteiger partial charge in [-0.1, -0.05) is 6.08 Å². The smallest absolute Gasteiger partial charge is 0.244 e. The van der Waals surface area contributed by atoms with Gasteiger partial charge in [-0.2, -0.15) is 0 Å². The Bertz CT molecular complexity index is 484. The average Bonchev–Trinajstić information content (AvgIpc) is 2.49. The Kier molecular flexibility index (Phi) is 6.16. The Morgan fingerprint density at radius 3 is 2.25 bits per heavy atom. The minimum absolute atomic E-state index is 0.196. The lowest BCUT2D eigenvalue weighted by Crippen LogP contribution is -2.20. The summed E-state index contributed by atoms with van der Waals surface area (Å²) in [5.74, 6) is 1.40. The van der Waals surface area contributed by atoms with E-state index in [1.807, 2.05) is 0 Å². The molecule has 5 nitrogen and oxygen atoms in total. The van der Waals surface area contributed by atoms with Crippen molar-refractivity contribution in [3.63, 3.8) is 0 Å². The van der Waals surface area contributed by atoms with Crippen molar-refractivity contribution < 1.29 is 19.0 Å². The quantitative estimate of drug-likeness (QED) is 0.612. The summed E-state index contributed by atoms with van der Waals surface area (Å²) in [7, 11) is 4.63. The molecule has 0 fully saturated rings. The second-order valence-corrected chi connectivity index (χ2v) is 3.83. The van der Waals surface area contributed by atoms with Crippen molar-refractivity contribution in [2.75, 3.05) is 27.9 Å². The number of carbonyl (C=O) groups is 1. The highest BCUT2D eigenvalue weighted by Crippen LogP contribution is 2.38. The number of rotatable bonds is 7. The third-order valence-corrected chi connectivity index (χ3v) is 2.53. The van der Waals surface area contributed by atoms with Crippen LogP contribution in [-0.2, 0) is 4.79 Å². The summed E-state index contributed by atoms with van der Waals surface area (Å²) in [4.78, 5) is 11.5. The Hall–Kier alpha value is -2.43. The maximum absolute atomic E-state index is 11.5. The summed E-state index contributed by atoms with van der Waals surface area (Å²) in [6.07, 6.45) is 4.72. The fourth-order valence-corrected chi connectivity index (χ4v) is 1.60. The summed E-state index contributed by atoms with van der Waals surface area (Å²) in [5.41, 5.74) is 0.772. The first-order valence-corrected chi connectivity index (χ1v) is 6.03. The van der Waals surface area contributed by atoms with E-state index in [1.54, 1.807) is 45.6 Å². The molecule has 108 valence electrons. The van der Waals surface area contributed by atoms with E-state index in [1.165, 1.54) is 6.08 Å². The first-order valence-electron chi connectivity index (χ1n) is 6.03. The van der Waals surface area contributed by atoms with Gasteiger partial charge in [0.2, 0.25) is 11.7 Å². The fraction of sp³-hybridized carbons (Fsp3) is 0.267. The van der Waals surface area contributed by atoms with Crippen molar-refractivity contribution in [3.8, 4) is 17.2 Å². The van der Waals surface area contributed by atoms with E-state index < -0.39 is 0 Å². The molecule has 1 aromatic carbocycles. The third kappa shape index (κ3) is 4.05. The molecule has 0 saturated carbocycles. The Morgan fingerprint density at radius 2 is 1.80 bits per heavy atom. The number of carbonyl (C=O) groups excluding carboxylic acids is 1. The summed E-state index contributed by atoms with van der Waals surface area (Å²) in [6, 6.07) is 3.53. The van der Waals surface area contributed by atoms with E-state index in [2.05, 4.69) is 11.9 Å². The van der Waals surface area contributed by atoms with Crippen LogP contribution in [0.15, 0.2) is 30.9 Å². The molecule has 0 aliphatic carbocycles. The first-order chi connectivity index (χ1) is 9.65. The molecule has 0 radical (unpaired) electrons. The zero-order valence-electron chi connectivity index (χ0n) is 11.9. The van der Waals surface area contributed by atoms with Crippen LogP contribution >= 0.6 is 0 Å². The average molecular weight is 277 g/mol. The number of ether oxygens (including phenoxy) is 3. The van der Waals surface area contributed by atoms with Crippen LogP contribution in [-0.4, -0.2) is 33.8 Å². The molecule has 0 aromatic heterocycles. The molecule has 1 aromatic rings. The molecule has 0 bridgehead atoms. The SMILES string of the molecule is C=CCNC(=O)C=Cc1cc(OC)c(OC)c(OC)c1. The van der Waals surface area contributed by atoms with Crippen LogP contribution in [0.3, 0.4) is 0 Å². The number of benzene rings is 1. The maximum atomic E-state index is 11.5. The van der Waals surface area contributed by atoms with Crippen LogP contribution in [0.5, 0.6) is 17.2 Å². The van der Waals surface area contributed by atoms with E-state index in [9.17, 15) is 4.79 Å². The van der Waals surface area contributed by atoms with Gasteiger partial charge in [0.25, 0.3) is 0 Å². The van der Waals surface area contributed by atoms with Gasteiger partial charge in [0, 0.05) is 12.6 Å². The molecule has 0 unspecified atom stereocenters. The second kappa shape index (κ2) is 7.89. The number of nitrogens with one attached hydrogen (secondary N) is 1. The standard InChI is InChI=1S/C15H19NO4/c1-5-8-16-14(17)7-6-11-9-12(18-2)15(20-4)13(10-11)19-3/h5-7,9-10H,1,8H2,2-4H3,(H,16,17). The Labute approximate surface area is 118 Å². The van der Waals surface area contributed by atoms with Gasteiger partial charge in [-0.25, -0.2) is 0 Å². The molecule has 0 aliphatic rings. The van der Waals surface area contributed by atoms with Crippen molar-refractivity contribution in [3.05, 3.63) is 36.4 Å². The molecule has 0 aliphatic heterocycles. The molecular weight excluding hydrogens is 258 g/mol. The first kappa shape index (κ1) is 15.6. The van der Waals surface area contributed by atoms with Gasteiger partial charge in [-0.15, -0.1) is 6.58 Å². The fourth-order valence-electron chi connectivity index (χ4n) is 1.60. The predicted molar refractivity (Wildman–Crippen MR) is 78.3 cm³/mol. The van der Waals surface area contributed by atoms with Crippen molar-refractivity contribution in [1.82, 2.24) is 5.32 Å². The van der Waals surface area contributed by atoms with Crippen LogP contribution < -0.4 is 19.5 Å². The third-order valence-electron chi connectivity index (χ3n) is 2.53. The molecule has 1 rings (SSSR count). The van der Waals surface area contributed by atoms with Gasteiger partial charge in [-0.05, 0) is 23.8 Å². The highest BCUT2D eigenvalue weighted by atomic mass is 16.5. The number of hydrogen-bond donors (Lipinski definition) is 1.